The van der Waals surface area contributed by atoms with E-state index in [9.17, 15) is 14.0 Å². The standard InChI is InChI=1S/C29H27FN4O5/c1-37-26-12-21-23(13-27(26)38-17-19-14-31-15-19)32-10-9-24(21)39-25-8-7-20(11-22(25)30)34-29(36)28(35)33-16-18-5-3-2-4-6-18/h2-13,19,31H,14-17H2,1H3,(H,33,35)(H,34,36). The normalized spacial score (nSPS) is 12.9. The summed E-state index contributed by atoms with van der Waals surface area (Å²) in [6.07, 6.45) is 1.56. The molecule has 200 valence electrons. The van der Waals surface area contributed by atoms with E-state index in [1.807, 2.05) is 30.3 Å². The van der Waals surface area contributed by atoms with Gasteiger partial charge in [0.2, 0.25) is 0 Å². The van der Waals surface area contributed by atoms with Crippen molar-refractivity contribution in [3.05, 3.63) is 84.3 Å². The van der Waals surface area contributed by atoms with Crippen LogP contribution < -0.4 is 30.2 Å². The molecule has 0 unspecified atom stereocenters. The molecule has 3 N–H and O–H groups in total. The number of aromatic nitrogens is 1. The molecule has 10 heteroatoms. The van der Waals surface area contributed by atoms with Crippen molar-refractivity contribution in [2.75, 3.05) is 32.1 Å². The van der Waals surface area contributed by atoms with E-state index in [0.717, 1.165) is 24.7 Å². The molecular formula is C29H27FN4O5. The molecule has 3 aromatic carbocycles. The number of amides is 2. The summed E-state index contributed by atoms with van der Waals surface area (Å²) < 4.78 is 32.3. The van der Waals surface area contributed by atoms with Crippen LogP contribution in [0.2, 0.25) is 0 Å². The number of carbonyl (C=O) groups excluding carboxylic acids is 2. The van der Waals surface area contributed by atoms with E-state index < -0.39 is 17.6 Å². The molecule has 0 atom stereocenters. The summed E-state index contributed by atoms with van der Waals surface area (Å²) in [4.78, 5) is 28.8. The maximum Gasteiger partial charge on any atom is 0.313 e. The van der Waals surface area contributed by atoms with E-state index in [4.69, 9.17) is 14.2 Å². The lowest BCUT2D eigenvalue weighted by Gasteiger charge is -2.27. The van der Waals surface area contributed by atoms with Gasteiger partial charge in [0.25, 0.3) is 0 Å². The van der Waals surface area contributed by atoms with Gasteiger partial charge in [-0.3, -0.25) is 14.6 Å². The van der Waals surface area contributed by atoms with Crippen molar-refractivity contribution in [3.63, 3.8) is 0 Å². The maximum absolute atomic E-state index is 14.9. The van der Waals surface area contributed by atoms with Gasteiger partial charge in [-0.15, -0.1) is 0 Å². The predicted octanol–water partition coefficient (Wildman–Crippen LogP) is 4.03. The number of methoxy groups -OCH3 is 1. The molecule has 0 aliphatic carbocycles. The first kappa shape index (κ1) is 25.9. The molecule has 0 bridgehead atoms. The summed E-state index contributed by atoms with van der Waals surface area (Å²) in [6, 6.07) is 18.2. The van der Waals surface area contributed by atoms with Crippen LogP contribution in [0.3, 0.4) is 0 Å². The van der Waals surface area contributed by atoms with Gasteiger partial charge >= 0.3 is 11.8 Å². The van der Waals surface area contributed by atoms with Crippen LogP contribution >= 0.6 is 0 Å². The third-order valence-corrected chi connectivity index (χ3v) is 6.24. The van der Waals surface area contributed by atoms with Gasteiger partial charge in [-0.1, -0.05) is 30.3 Å². The fourth-order valence-corrected chi connectivity index (χ4v) is 3.99. The predicted molar refractivity (Wildman–Crippen MR) is 144 cm³/mol. The topological polar surface area (TPSA) is 111 Å². The van der Waals surface area contributed by atoms with Crippen molar-refractivity contribution < 1.29 is 28.2 Å². The summed E-state index contributed by atoms with van der Waals surface area (Å²) in [6.45, 7) is 2.60. The number of halogens is 1. The van der Waals surface area contributed by atoms with Crippen LogP contribution in [0.1, 0.15) is 5.56 Å². The highest BCUT2D eigenvalue weighted by atomic mass is 19.1. The number of carbonyl (C=O) groups is 2. The zero-order chi connectivity index (χ0) is 27.2. The van der Waals surface area contributed by atoms with Gasteiger partial charge in [-0.05, 0) is 29.8 Å². The molecule has 2 heterocycles. The molecular weight excluding hydrogens is 503 g/mol. The monoisotopic (exact) mass is 530 g/mol. The number of rotatable bonds is 9. The SMILES string of the molecule is COc1cc2c(Oc3ccc(NC(=O)C(=O)NCc4ccccc4)cc3F)ccnc2cc1OCC1CNC1. The Bertz CT molecular complexity index is 1490. The first-order chi connectivity index (χ1) is 19.0. The van der Waals surface area contributed by atoms with Crippen LogP contribution in [0.15, 0.2) is 72.9 Å². The van der Waals surface area contributed by atoms with E-state index in [1.165, 1.54) is 12.1 Å². The zero-order valence-electron chi connectivity index (χ0n) is 21.2. The molecule has 4 aromatic rings. The second-order valence-electron chi connectivity index (χ2n) is 9.03. The summed E-state index contributed by atoms with van der Waals surface area (Å²) in [5.74, 6) is -0.620. The van der Waals surface area contributed by atoms with E-state index in [1.54, 1.807) is 31.5 Å². The second kappa shape index (κ2) is 11.8. The maximum atomic E-state index is 14.9. The number of nitrogens with one attached hydrogen (secondary N) is 3. The number of fused-ring (bicyclic) bond motifs is 1. The molecule has 5 rings (SSSR count). The van der Waals surface area contributed by atoms with Gasteiger partial charge in [0.15, 0.2) is 23.1 Å². The number of anilines is 1. The Morgan fingerprint density at radius 2 is 1.79 bits per heavy atom. The van der Waals surface area contributed by atoms with Crippen molar-refractivity contribution in [2.45, 2.75) is 6.54 Å². The number of pyridine rings is 1. The lowest BCUT2D eigenvalue weighted by molar-refractivity contribution is -0.136. The molecule has 1 saturated heterocycles. The third-order valence-electron chi connectivity index (χ3n) is 6.24. The molecule has 1 aliphatic heterocycles. The Kier molecular flexibility index (Phi) is 7.83. The van der Waals surface area contributed by atoms with E-state index >= 15 is 0 Å². The highest BCUT2D eigenvalue weighted by Gasteiger charge is 2.20. The fourth-order valence-electron chi connectivity index (χ4n) is 3.99. The van der Waals surface area contributed by atoms with E-state index in [0.29, 0.717) is 40.7 Å². The molecule has 39 heavy (non-hydrogen) atoms. The number of ether oxygens (including phenoxy) is 3. The largest absolute Gasteiger partial charge is 0.493 e. The van der Waals surface area contributed by atoms with Gasteiger partial charge in [0, 0.05) is 55.0 Å². The molecule has 2 amide bonds. The van der Waals surface area contributed by atoms with Crippen molar-refractivity contribution >= 4 is 28.4 Å². The highest BCUT2D eigenvalue weighted by molar-refractivity contribution is 6.39. The van der Waals surface area contributed by atoms with Crippen LogP contribution in [-0.2, 0) is 16.1 Å². The average molecular weight is 531 g/mol. The Morgan fingerprint density at radius 1 is 0.974 bits per heavy atom. The minimum Gasteiger partial charge on any atom is -0.493 e. The van der Waals surface area contributed by atoms with Crippen molar-refractivity contribution in [2.24, 2.45) is 5.92 Å². The zero-order valence-corrected chi connectivity index (χ0v) is 21.2. The van der Waals surface area contributed by atoms with Crippen molar-refractivity contribution in [1.29, 1.82) is 0 Å². The molecule has 0 spiro atoms. The Hall–Kier alpha value is -4.70. The van der Waals surface area contributed by atoms with E-state index in [2.05, 4.69) is 20.9 Å². The Labute approximate surface area is 224 Å². The smallest absolute Gasteiger partial charge is 0.313 e. The summed E-state index contributed by atoms with van der Waals surface area (Å²) in [7, 11) is 1.55. The first-order valence-corrected chi connectivity index (χ1v) is 12.4. The van der Waals surface area contributed by atoms with Gasteiger partial charge < -0.3 is 30.2 Å². The Morgan fingerprint density at radius 3 is 2.51 bits per heavy atom. The van der Waals surface area contributed by atoms with Crippen molar-refractivity contribution in [1.82, 2.24) is 15.6 Å². The quantitative estimate of drug-likeness (QED) is 0.280. The Balaban J connectivity index is 1.26. The molecule has 9 nitrogen and oxygen atoms in total. The number of hydrogen-bond acceptors (Lipinski definition) is 7. The van der Waals surface area contributed by atoms with Gasteiger partial charge in [-0.25, -0.2) is 4.39 Å². The first-order valence-electron chi connectivity index (χ1n) is 12.4. The lowest BCUT2D eigenvalue weighted by Crippen LogP contribution is -2.45. The third kappa shape index (κ3) is 6.24. The minimum atomic E-state index is -0.905. The lowest BCUT2D eigenvalue weighted by atomic mass is 10.1. The summed E-state index contributed by atoms with van der Waals surface area (Å²) in [5.41, 5.74) is 1.56. The molecule has 1 aliphatic rings. The molecule has 0 saturated carbocycles. The number of hydrogen-bond donors (Lipinski definition) is 3. The van der Waals surface area contributed by atoms with Crippen LogP contribution in [0, 0.1) is 11.7 Å². The number of nitrogens with zero attached hydrogens (tertiary/aromatic N) is 1. The number of benzene rings is 3. The van der Waals surface area contributed by atoms with Gasteiger partial charge in [0.05, 0.1) is 19.2 Å². The summed E-state index contributed by atoms with van der Waals surface area (Å²) in [5, 5.41) is 8.75. The van der Waals surface area contributed by atoms with Crippen LogP contribution in [-0.4, -0.2) is 43.6 Å². The highest BCUT2D eigenvalue weighted by Crippen LogP contribution is 2.38. The summed E-state index contributed by atoms with van der Waals surface area (Å²) >= 11 is 0. The van der Waals surface area contributed by atoms with Crippen LogP contribution in [0.5, 0.6) is 23.0 Å². The van der Waals surface area contributed by atoms with E-state index in [-0.39, 0.29) is 18.0 Å². The van der Waals surface area contributed by atoms with Crippen LogP contribution in [0.4, 0.5) is 10.1 Å². The minimum absolute atomic E-state index is 0.0641. The van der Waals surface area contributed by atoms with Crippen molar-refractivity contribution in [3.8, 4) is 23.0 Å². The molecule has 1 aromatic heterocycles. The fraction of sp³-hybridized carbons (Fsp3) is 0.207. The van der Waals surface area contributed by atoms with Gasteiger partial charge in [-0.2, -0.15) is 0 Å². The van der Waals surface area contributed by atoms with Gasteiger partial charge in [0.1, 0.15) is 5.75 Å². The van der Waals surface area contributed by atoms with Crippen LogP contribution in [0.25, 0.3) is 10.9 Å². The molecule has 0 radical (unpaired) electrons. The average Bonchev–Trinajstić information content (AvgIpc) is 2.92. The second-order valence-corrected chi connectivity index (χ2v) is 9.03. The molecule has 1 fully saturated rings.